The molecule has 264 valence electrons. The van der Waals surface area contributed by atoms with Gasteiger partial charge >= 0.3 is 0 Å². The highest BCUT2D eigenvalue weighted by atomic mass is 16.7. The molecule has 4 aromatic carbocycles. The van der Waals surface area contributed by atoms with Crippen LogP contribution in [-0.2, 0) is 38.8 Å². The van der Waals surface area contributed by atoms with Crippen molar-refractivity contribution < 1.29 is 24.2 Å². The SMILES string of the molecule is CN(Cc1ccccc1)C[C@@H]1C[C@H](c2ccc(CO)cc2)O[C@H](c2ccc(CNC(=O)CCCCCCC(=O)Nc3ccccc3N)cc2)O1. The number of nitrogen functional groups attached to an aromatic ring is 1. The lowest BCUT2D eigenvalue weighted by Crippen LogP contribution is -2.37. The van der Waals surface area contributed by atoms with Crippen molar-refractivity contribution in [2.24, 2.45) is 0 Å². The van der Waals surface area contributed by atoms with Gasteiger partial charge < -0.3 is 30.9 Å². The fourth-order valence-electron chi connectivity index (χ4n) is 6.17. The van der Waals surface area contributed by atoms with Crippen LogP contribution in [0.25, 0.3) is 0 Å². The summed E-state index contributed by atoms with van der Waals surface area (Å²) in [5.41, 5.74) is 12.2. The van der Waals surface area contributed by atoms with E-state index in [1.165, 1.54) is 5.56 Å². The Morgan fingerprint density at radius 2 is 1.40 bits per heavy atom. The second kappa shape index (κ2) is 19.0. The molecule has 1 fully saturated rings. The van der Waals surface area contributed by atoms with Crippen LogP contribution in [0.5, 0.6) is 0 Å². The van der Waals surface area contributed by atoms with Crippen LogP contribution in [0.2, 0.25) is 0 Å². The van der Waals surface area contributed by atoms with Crippen molar-refractivity contribution in [3.05, 3.63) is 131 Å². The highest BCUT2D eigenvalue weighted by molar-refractivity contribution is 5.93. The van der Waals surface area contributed by atoms with E-state index in [9.17, 15) is 14.7 Å². The summed E-state index contributed by atoms with van der Waals surface area (Å²) in [5.74, 6) is -0.0317. The van der Waals surface area contributed by atoms with Gasteiger partial charge in [0.2, 0.25) is 11.8 Å². The maximum absolute atomic E-state index is 12.5. The summed E-state index contributed by atoms with van der Waals surface area (Å²) in [6.45, 7) is 2.03. The van der Waals surface area contributed by atoms with Crippen LogP contribution in [0.3, 0.4) is 0 Å². The van der Waals surface area contributed by atoms with E-state index < -0.39 is 6.29 Å². The predicted octanol–water partition coefficient (Wildman–Crippen LogP) is 7.03. The molecule has 0 radical (unpaired) electrons. The Balaban J connectivity index is 1.07. The molecule has 0 saturated carbocycles. The van der Waals surface area contributed by atoms with Crippen molar-refractivity contribution in [2.45, 2.75) is 83.1 Å². The number of para-hydroxylation sites is 2. The van der Waals surface area contributed by atoms with Crippen LogP contribution in [0.15, 0.2) is 103 Å². The molecule has 50 heavy (non-hydrogen) atoms. The van der Waals surface area contributed by atoms with Crippen LogP contribution < -0.4 is 16.4 Å². The second-order valence-electron chi connectivity index (χ2n) is 13.1. The van der Waals surface area contributed by atoms with Gasteiger partial charge in [-0.1, -0.05) is 104 Å². The summed E-state index contributed by atoms with van der Waals surface area (Å²) in [4.78, 5) is 27.0. The van der Waals surface area contributed by atoms with E-state index in [4.69, 9.17) is 15.2 Å². The number of ether oxygens (including phenoxy) is 2. The minimum Gasteiger partial charge on any atom is -0.397 e. The molecule has 0 aliphatic carbocycles. The number of hydrogen-bond donors (Lipinski definition) is 4. The first-order valence-electron chi connectivity index (χ1n) is 17.6. The summed E-state index contributed by atoms with van der Waals surface area (Å²) < 4.78 is 13.0. The number of nitrogens with zero attached hydrogens (tertiary/aromatic N) is 1. The lowest BCUT2D eigenvalue weighted by atomic mass is 9.99. The average molecular weight is 679 g/mol. The van der Waals surface area contributed by atoms with E-state index in [1.807, 2.05) is 66.7 Å². The Morgan fingerprint density at radius 1 is 0.760 bits per heavy atom. The van der Waals surface area contributed by atoms with Gasteiger partial charge in [0.05, 0.1) is 30.2 Å². The molecule has 9 heteroatoms. The van der Waals surface area contributed by atoms with Crippen molar-refractivity contribution >= 4 is 23.2 Å². The Morgan fingerprint density at radius 3 is 2.10 bits per heavy atom. The quantitative estimate of drug-likeness (QED) is 0.0698. The molecule has 4 aromatic rings. The zero-order valence-corrected chi connectivity index (χ0v) is 28.9. The molecular formula is C41H50N4O5. The largest absolute Gasteiger partial charge is 0.397 e. The summed E-state index contributed by atoms with van der Waals surface area (Å²) in [5, 5.41) is 15.4. The molecule has 0 unspecified atom stereocenters. The third kappa shape index (κ3) is 11.5. The molecule has 0 spiro atoms. The molecule has 0 aromatic heterocycles. The number of likely N-dealkylation sites (N-methyl/N-ethyl adjacent to an activating group) is 1. The number of nitrogens with two attached hydrogens (primary N) is 1. The number of nitrogens with one attached hydrogen (secondary N) is 2. The number of carbonyl (C=O) groups is 2. The van der Waals surface area contributed by atoms with Crippen molar-refractivity contribution in [3.8, 4) is 0 Å². The van der Waals surface area contributed by atoms with Crippen molar-refractivity contribution in [2.75, 3.05) is 24.6 Å². The van der Waals surface area contributed by atoms with Crippen molar-refractivity contribution in [1.29, 1.82) is 0 Å². The lowest BCUT2D eigenvalue weighted by Gasteiger charge is -2.38. The molecule has 1 saturated heterocycles. The monoisotopic (exact) mass is 678 g/mol. The molecule has 1 heterocycles. The normalized spacial score (nSPS) is 17.4. The molecule has 3 atom stereocenters. The molecule has 2 amide bonds. The van der Waals surface area contributed by atoms with Crippen molar-refractivity contribution in [1.82, 2.24) is 10.2 Å². The number of hydrogen-bond acceptors (Lipinski definition) is 7. The number of aliphatic hydroxyl groups excluding tert-OH is 1. The van der Waals surface area contributed by atoms with Crippen LogP contribution in [-0.4, -0.2) is 41.5 Å². The van der Waals surface area contributed by atoms with Gasteiger partial charge in [-0.2, -0.15) is 0 Å². The third-order valence-electron chi connectivity index (χ3n) is 8.96. The van der Waals surface area contributed by atoms with Gasteiger partial charge in [0.1, 0.15) is 0 Å². The van der Waals surface area contributed by atoms with Gasteiger partial charge in [-0.15, -0.1) is 0 Å². The van der Waals surface area contributed by atoms with Crippen LogP contribution >= 0.6 is 0 Å². The smallest absolute Gasteiger partial charge is 0.224 e. The van der Waals surface area contributed by atoms with Gasteiger partial charge in [-0.05, 0) is 54.3 Å². The molecular weight excluding hydrogens is 628 g/mol. The Hall–Kier alpha value is -4.54. The average Bonchev–Trinajstić information content (AvgIpc) is 3.13. The lowest BCUT2D eigenvalue weighted by molar-refractivity contribution is -0.252. The van der Waals surface area contributed by atoms with E-state index in [2.05, 4.69) is 46.8 Å². The Kier molecular flexibility index (Phi) is 14.0. The molecule has 1 aliphatic rings. The van der Waals surface area contributed by atoms with Crippen molar-refractivity contribution in [3.63, 3.8) is 0 Å². The number of amides is 2. The molecule has 5 rings (SSSR count). The number of unbranched alkanes of at least 4 members (excludes halogenated alkanes) is 3. The zero-order chi connectivity index (χ0) is 35.1. The zero-order valence-electron chi connectivity index (χ0n) is 28.9. The van der Waals surface area contributed by atoms with E-state index in [-0.39, 0.29) is 30.6 Å². The number of anilines is 2. The van der Waals surface area contributed by atoms with Crippen LogP contribution in [0, 0.1) is 0 Å². The molecule has 0 bridgehead atoms. The van der Waals surface area contributed by atoms with Gasteiger partial charge in [-0.3, -0.25) is 14.5 Å². The van der Waals surface area contributed by atoms with E-state index in [0.29, 0.717) is 30.8 Å². The maximum Gasteiger partial charge on any atom is 0.224 e. The Bertz CT molecular complexity index is 1630. The molecule has 9 nitrogen and oxygen atoms in total. The van der Waals surface area contributed by atoms with Gasteiger partial charge in [0.15, 0.2) is 6.29 Å². The van der Waals surface area contributed by atoms with E-state index in [0.717, 1.165) is 67.4 Å². The summed E-state index contributed by atoms with van der Waals surface area (Å²) in [6.07, 6.45) is 4.19. The second-order valence-corrected chi connectivity index (χ2v) is 13.1. The highest BCUT2D eigenvalue weighted by Crippen LogP contribution is 2.38. The molecule has 1 aliphatic heterocycles. The minimum absolute atomic E-state index is 0.00520. The third-order valence-corrected chi connectivity index (χ3v) is 8.96. The Labute approximate surface area is 295 Å². The summed E-state index contributed by atoms with van der Waals surface area (Å²) in [7, 11) is 2.11. The van der Waals surface area contributed by atoms with Gasteiger partial charge in [-0.25, -0.2) is 0 Å². The number of benzene rings is 4. The summed E-state index contributed by atoms with van der Waals surface area (Å²) >= 11 is 0. The fraction of sp³-hybridized carbons (Fsp3) is 0.366. The standard InChI is InChI=1S/C41H50N4O5/c1-45(27-31-11-5-4-6-12-31)28-35-25-38(33-21-19-32(29-46)20-22-33)50-41(49-35)34-23-17-30(18-24-34)26-43-39(47)15-7-2-3-8-16-40(48)44-37-14-10-9-13-36(37)42/h4-6,9-14,17-24,35,38,41,46H,2-3,7-8,15-16,25-29,42H2,1H3,(H,43,47)(H,44,48)/t35-,38+,41+/m0/s1. The number of carbonyl (C=O) groups excluding carboxylic acids is 2. The van der Waals surface area contributed by atoms with Crippen LogP contribution in [0.4, 0.5) is 11.4 Å². The topological polar surface area (TPSA) is 126 Å². The van der Waals surface area contributed by atoms with Crippen LogP contribution in [0.1, 0.15) is 85.2 Å². The minimum atomic E-state index is -0.535. The highest BCUT2D eigenvalue weighted by Gasteiger charge is 2.32. The summed E-state index contributed by atoms with van der Waals surface area (Å²) in [6, 6.07) is 33.6. The number of rotatable bonds is 17. The predicted molar refractivity (Wildman–Crippen MR) is 197 cm³/mol. The first-order chi connectivity index (χ1) is 24.4. The first kappa shape index (κ1) is 36.7. The van der Waals surface area contributed by atoms with Gasteiger partial charge in [0, 0.05) is 44.5 Å². The van der Waals surface area contributed by atoms with E-state index in [1.54, 1.807) is 12.1 Å². The fourth-order valence-corrected chi connectivity index (χ4v) is 6.17. The maximum atomic E-state index is 12.5. The first-order valence-corrected chi connectivity index (χ1v) is 17.6. The van der Waals surface area contributed by atoms with E-state index >= 15 is 0 Å². The van der Waals surface area contributed by atoms with Gasteiger partial charge in [0.25, 0.3) is 0 Å². The number of aliphatic hydroxyl groups is 1. The molecule has 5 N–H and O–H groups in total.